The van der Waals surface area contributed by atoms with Crippen LogP contribution in [-0.2, 0) is 13.1 Å². The third-order valence-electron chi connectivity index (χ3n) is 4.05. The molecular weight excluding hydrogens is 280 g/mol. The molecule has 2 aromatic carbocycles. The van der Waals surface area contributed by atoms with E-state index in [4.69, 9.17) is 0 Å². The normalized spacial score (nSPS) is 13.4. The van der Waals surface area contributed by atoms with Crippen LogP contribution in [0.5, 0.6) is 0 Å². The first-order valence-electron chi connectivity index (χ1n) is 7.86. The molecule has 0 bridgehead atoms. The zero-order valence-corrected chi connectivity index (χ0v) is 13.4. The SMILES string of the molecule is C=Cc1ccc(CN2C=CN(Cc3ccc(C=C)cc3)C2)cc1. The lowest BCUT2D eigenvalue weighted by atomic mass is 10.1. The summed E-state index contributed by atoms with van der Waals surface area (Å²) in [6.07, 6.45) is 8.08. The number of hydrogen-bond donors (Lipinski definition) is 0. The van der Waals surface area contributed by atoms with Gasteiger partial charge in [-0.3, -0.25) is 0 Å². The fourth-order valence-electron chi connectivity index (χ4n) is 2.71. The largest absolute Gasteiger partial charge is 0.354 e. The minimum Gasteiger partial charge on any atom is -0.354 e. The van der Waals surface area contributed by atoms with E-state index in [0.717, 1.165) is 30.9 Å². The number of rotatable bonds is 6. The summed E-state index contributed by atoms with van der Waals surface area (Å²) in [5, 5.41) is 0. The molecule has 2 heteroatoms. The van der Waals surface area contributed by atoms with Crippen molar-refractivity contribution in [1.82, 2.24) is 9.80 Å². The Kier molecular flexibility index (Phi) is 4.62. The molecule has 0 unspecified atom stereocenters. The van der Waals surface area contributed by atoms with E-state index in [9.17, 15) is 0 Å². The average molecular weight is 302 g/mol. The van der Waals surface area contributed by atoms with Crippen LogP contribution in [0.4, 0.5) is 0 Å². The molecule has 0 radical (unpaired) electrons. The van der Waals surface area contributed by atoms with Gasteiger partial charge in [0.25, 0.3) is 0 Å². The third-order valence-corrected chi connectivity index (χ3v) is 4.05. The third kappa shape index (κ3) is 3.92. The van der Waals surface area contributed by atoms with E-state index in [1.165, 1.54) is 11.1 Å². The summed E-state index contributed by atoms with van der Waals surface area (Å²) < 4.78 is 0. The molecule has 0 atom stereocenters. The second kappa shape index (κ2) is 7.01. The van der Waals surface area contributed by atoms with Crippen LogP contribution >= 0.6 is 0 Å². The summed E-state index contributed by atoms with van der Waals surface area (Å²) in [5.41, 5.74) is 4.96. The van der Waals surface area contributed by atoms with Crippen LogP contribution in [0.15, 0.2) is 74.1 Å². The van der Waals surface area contributed by atoms with Crippen LogP contribution in [-0.4, -0.2) is 16.5 Å². The molecule has 0 amide bonds. The summed E-state index contributed by atoms with van der Waals surface area (Å²) in [6.45, 7) is 10.4. The smallest absolute Gasteiger partial charge is 0.0900 e. The van der Waals surface area contributed by atoms with Gasteiger partial charge in [0.05, 0.1) is 6.67 Å². The highest BCUT2D eigenvalue weighted by atomic mass is 15.3. The highest BCUT2D eigenvalue weighted by Crippen LogP contribution is 2.16. The van der Waals surface area contributed by atoms with Crippen LogP contribution in [0, 0.1) is 0 Å². The van der Waals surface area contributed by atoms with Gasteiger partial charge in [-0.2, -0.15) is 0 Å². The van der Waals surface area contributed by atoms with Gasteiger partial charge in [0, 0.05) is 25.5 Å². The van der Waals surface area contributed by atoms with E-state index in [0.29, 0.717) is 0 Å². The second-order valence-electron chi connectivity index (χ2n) is 5.82. The maximum Gasteiger partial charge on any atom is 0.0900 e. The maximum absolute atomic E-state index is 3.79. The molecule has 2 nitrogen and oxygen atoms in total. The fourth-order valence-corrected chi connectivity index (χ4v) is 2.71. The van der Waals surface area contributed by atoms with Crippen LogP contribution < -0.4 is 0 Å². The lowest BCUT2D eigenvalue weighted by Gasteiger charge is -2.21. The molecule has 0 aromatic heterocycles. The topological polar surface area (TPSA) is 6.48 Å². The number of nitrogens with zero attached hydrogens (tertiary/aromatic N) is 2. The number of benzene rings is 2. The standard InChI is InChI=1S/C21H22N2/c1-3-18-5-9-20(10-6-18)15-22-13-14-23(17-22)16-21-11-7-19(4-2)8-12-21/h3-14H,1-2,15-17H2. The van der Waals surface area contributed by atoms with Crippen LogP contribution in [0.2, 0.25) is 0 Å². The molecule has 0 spiro atoms. The van der Waals surface area contributed by atoms with Gasteiger partial charge in [0.2, 0.25) is 0 Å². The maximum atomic E-state index is 3.79. The minimum absolute atomic E-state index is 0.923. The van der Waals surface area contributed by atoms with E-state index in [1.807, 2.05) is 12.2 Å². The van der Waals surface area contributed by atoms with Gasteiger partial charge in [-0.1, -0.05) is 73.8 Å². The quantitative estimate of drug-likeness (QED) is 0.762. The predicted molar refractivity (Wildman–Crippen MR) is 98.2 cm³/mol. The molecule has 1 aliphatic rings. The summed E-state index contributed by atoms with van der Waals surface area (Å²) >= 11 is 0. The fraction of sp³-hybridized carbons (Fsp3) is 0.143. The van der Waals surface area contributed by atoms with Gasteiger partial charge in [-0.15, -0.1) is 0 Å². The van der Waals surface area contributed by atoms with E-state index >= 15 is 0 Å². The first-order chi connectivity index (χ1) is 11.3. The lowest BCUT2D eigenvalue weighted by Crippen LogP contribution is -2.24. The number of hydrogen-bond acceptors (Lipinski definition) is 2. The molecule has 0 fully saturated rings. The Morgan fingerprint density at radius 1 is 0.696 bits per heavy atom. The van der Waals surface area contributed by atoms with Crippen molar-refractivity contribution in [2.75, 3.05) is 6.67 Å². The van der Waals surface area contributed by atoms with Gasteiger partial charge in [0.15, 0.2) is 0 Å². The summed E-state index contributed by atoms with van der Waals surface area (Å²) in [5.74, 6) is 0. The monoisotopic (exact) mass is 302 g/mol. The second-order valence-corrected chi connectivity index (χ2v) is 5.82. The highest BCUT2D eigenvalue weighted by Gasteiger charge is 2.12. The molecule has 0 aliphatic carbocycles. The predicted octanol–water partition coefficient (Wildman–Crippen LogP) is 4.72. The average Bonchev–Trinajstić information content (AvgIpc) is 3.03. The van der Waals surface area contributed by atoms with E-state index in [1.54, 1.807) is 0 Å². The van der Waals surface area contributed by atoms with E-state index in [2.05, 4.69) is 83.9 Å². The molecule has 116 valence electrons. The van der Waals surface area contributed by atoms with Crippen molar-refractivity contribution in [3.05, 3.63) is 96.3 Å². The first-order valence-corrected chi connectivity index (χ1v) is 7.86. The molecule has 0 saturated carbocycles. The molecular formula is C21H22N2. The van der Waals surface area contributed by atoms with Gasteiger partial charge in [-0.25, -0.2) is 0 Å². The zero-order valence-electron chi connectivity index (χ0n) is 13.4. The Balaban J connectivity index is 1.54. The Morgan fingerprint density at radius 3 is 1.43 bits per heavy atom. The zero-order chi connectivity index (χ0) is 16.1. The van der Waals surface area contributed by atoms with Gasteiger partial charge in [0.1, 0.15) is 0 Å². The Hall–Kier alpha value is -2.74. The van der Waals surface area contributed by atoms with E-state index in [-0.39, 0.29) is 0 Å². The van der Waals surface area contributed by atoms with Crippen molar-refractivity contribution in [3.8, 4) is 0 Å². The molecule has 0 N–H and O–H groups in total. The molecule has 3 rings (SSSR count). The van der Waals surface area contributed by atoms with Gasteiger partial charge >= 0.3 is 0 Å². The molecule has 1 heterocycles. The highest BCUT2D eigenvalue weighted by molar-refractivity contribution is 5.47. The van der Waals surface area contributed by atoms with Crippen molar-refractivity contribution in [1.29, 1.82) is 0 Å². The summed E-state index contributed by atoms with van der Waals surface area (Å²) in [7, 11) is 0. The molecule has 2 aromatic rings. The van der Waals surface area contributed by atoms with Crippen LogP contribution in [0.25, 0.3) is 12.2 Å². The summed E-state index contributed by atoms with van der Waals surface area (Å²) in [4.78, 5) is 4.64. The summed E-state index contributed by atoms with van der Waals surface area (Å²) in [6, 6.07) is 17.1. The Labute approximate surface area is 138 Å². The van der Waals surface area contributed by atoms with Crippen molar-refractivity contribution in [3.63, 3.8) is 0 Å². The van der Waals surface area contributed by atoms with Gasteiger partial charge in [-0.05, 0) is 22.3 Å². The van der Waals surface area contributed by atoms with Crippen LogP contribution in [0.3, 0.4) is 0 Å². The Morgan fingerprint density at radius 2 is 1.09 bits per heavy atom. The van der Waals surface area contributed by atoms with E-state index < -0.39 is 0 Å². The van der Waals surface area contributed by atoms with Gasteiger partial charge < -0.3 is 9.80 Å². The minimum atomic E-state index is 0.923. The lowest BCUT2D eigenvalue weighted by molar-refractivity contribution is 0.255. The molecule has 0 saturated heterocycles. The Bertz CT molecular complexity index is 634. The van der Waals surface area contributed by atoms with Crippen LogP contribution in [0.1, 0.15) is 22.3 Å². The van der Waals surface area contributed by atoms with Crippen molar-refractivity contribution >= 4 is 12.2 Å². The first kappa shape index (κ1) is 15.2. The van der Waals surface area contributed by atoms with Crippen molar-refractivity contribution in [2.24, 2.45) is 0 Å². The van der Waals surface area contributed by atoms with Crippen molar-refractivity contribution < 1.29 is 0 Å². The molecule has 1 aliphatic heterocycles. The molecule has 23 heavy (non-hydrogen) atoms. The van der Waals surface area contributed by atoms with Crippen molar-refractivity contribution in [2.45, 2.75) is 13.1 Å².